The highest BCUT2D eigenvalue weighted by Gasteiger charge is 2.19. The van der Waals surface area contributed by atoms with Gasteiger partial charge >= 0.3 is 7.75 Å². The quantitative estimate of drug-likeness (QED) is 0.504. The van der Waals surface area contributed by atoms with Gasteiger partial charge in [-0.15, -0.1) is 5.50 Å². The molecule has 0 unspecified atom stereocenters. The molecule has 0 aliphatic rings. The van der Waals surface area contributed by atoms with E-state index in [1.165, 1.54) is 0 Å². The average molecular weight is 216 g/mol. The maximum Gasteiger partial charge on any atom is 0.441 e. The van der Waals surface area contributed by atoms with Crippen LogP contribution in [0.2, 0.25) is 0 Å². The van der Waals surface area contributed by atoms with Gasteiger partial charge in [0.2, 0.25) is 0 Å². The van der Waals surface area contributed by atoms with Gasteiger partial charge < -0.3 is 0 Å². The molecule has 0 aromatic carbocycles. The van der Waals surface area contributed by atoms with Crippen LogP contribution in [0.15, 0.2) is 0 Å². The van der Waals surface area contributed by atoms with Crippen molar-refractivity contribution in [2.24, 2.45) is 0 Å². The van der Waals surface area contributed by atoms with E-state index < -0.39 is 7.75 Å². The predicted octanol–water partition coefficient (Wildman–Crippen LogP) is 2.75. The zero-order chi connectivity index (χ0) is 8.74. The molecule has 0 rings (SSSR count). The second-order valence-corrected chi connectivity index (χ2v) is 5.27. The van der Waals surface area contributed by atoms with Gasteiger partial charge in [0.1, 0.15) is 0 Å². The van der Waals surface area contributed by atoms with Crippen LogP contribution in [-0.2, 0) is 12.5 Å². The fourth-order valence-corrected chi connectivity index (χ4v) is 2.53. The SMILES string of the molecule is CCSOP([NH])(=O)OSCC. The van der Waals surface area contributed by atoms with Gasteiger partial charge in [-0.3, -0.25) is 0 Å². The van der Waals surface area contributed by atoms with E-state index in [1.807, 2.05) is 13.8 Å². The third-order valence-corrected chi connectivity index (χ3v) is 3.42. The molecule has 0 saturated heterocycles. The van der Waals surface area contributed by atoms with E-state index in [1.54, 1.807) is 0 Å². The summed E-state index contributed by atoms with van der Waals surface area (Å²) in [6.45, 7) is 3.69. The van der Waals surface area contributed by atoms with Gasteiger partial charge in [0.05, 0.1) is 0 Å². The molecule has 0 amide bonds. The Hall–Kier alpha value is 0.810. The van der Waals surface area contributed by atoms with Gasteiger partial charge in [-0.1, -0.05) is 13.8 Å². The molecule has 0 aromatic rings. The molecular weight excluding hydrogens is 205 g/mol. The molecule has 0 fully saturated rings. The summed E-state index contributed by atoms with van der Waals surface area (Å²) in [5.74, 6) is 1.31. The van der Waals surface area contributed by atoms with Crippen molar-refractivity contribution < 1.29 is 12.5 Å². The van der Waals surface area contributed by atoms with Crippen molar-refractivity contribution in [3.63, 3.8) is 0 Å². The minimum atomic E-state index is -3.55. The lowest BCUT2D eigenvalue weighted by atomic mass is 11.0. The average Bonchev–Trinajstić information content (AvgIpc) is 1.97. The van der Waals surface area contributed by atoms with Gasteiger partial charge in [-0.25, -0.2) is 12.5 Å². The molecular formula is C4H11NO3PS2. The minimum absolute atomic E-state index is 0.656. The van der Waals surface area contributed by atoms with E-state index in [2.05, 4.69) is 7.94 Å². The van der Waals surface area contributed by atoms with Crippen LogP contribution >= 0.6 is 31.8 Å². The summed E-state index contributed by atoms with van der Waals surface area (Å²) in [5, 5.41) is 0. The first-order valence-electron chi connectivity index (χ1n) is 3.10. The second kappa shape index (κ2) is 6.34. The van der Waals surface area contributed by atoms with Crippen LogP contribution in [0.1, 0.15) is 13.8 Å². The standard InChI is InChI=1S/C4H11NO3PS2/c1-3-10-7-9(5,6)8-11-4-2/h5H,3-4H2,1-2H3. The Labute approximate surface area is 75.6 Å². The minimum Gasteiger partial charge on any atom is -0.238 e. The van der Waals surface area contributed by atoms with Crippen LogP contribution < -0.4 is 5.50 Å². The second-order valence-electron chi connectivity index (χ2n) is 1.46. The van der Waals surface area contributed by atoms with E-state index in [-0.39, 0.29) is 0 Å². The van der Waals surface area contributed by atoms with Crippen molar-refractivity contribution in [2.75, 3.05) is 11.5 Å². The van der Waals surface area contributed by atoms with Crippen LogP contribution in [0.25, 0.3) is 0 Å². The van der Waals surface area contributed by atoms with Gasteiger partial charge in [0.25, 0.3) is 0 Å². The Bertz CT molecular complexity index is 133. The molecule has 1 N–H and O–H groups in total. The zero-order valence-electron chi connectivity index (χ0n) is 6.40. The lowest BCUT2D eigenvalue weighted by Gasteiger charge is -2.07. The highest BCUT2D eigenvalue weighted by Crippen LogP contribution is 2.49. The summed E-state index contributed by atoms with van der Waals surface area (Å²) in [5.41, 5.74) is 7.00. The van der Waals surface area contributed by atoms with Crippen molar-refractivity contribution in [2.45, 2.75) is 13.8 Å². The van der Waals surface area contributed by atoms with Gasteiger partial charge in [0.15, 0.2) is 0 Å². The fourth-order valence-electron chi connectivity index (χ4n) is 0.257. The van der Waals surface area contributed by atoms with E-state index in [9.17, 15) is 4.57 Å². The third kappa shape index (κ3) is 7.18. The molecule has 0 bridgehead atoms. The lowest BCUT2D eigenvalue weighted by Crippen LogP contribution is -1.85. The normalized spacial score (nSPS) is 11.9. The largest absolute Gasteiger partial charge is 0.441 e. The monoisotopic (exact) mass is 216 g/mol. The molecule has 0 atom stereocenters. The number of hydrogen-bond acceptors (Lipinski definition) is 5. The van der Waals surface area contributed by atoms with Crippen LogP contribution in [0.5, 0.6) is 0 Å². The van der Waals surface area contributed by atoms with Crippen LogP contribution in [0.3, 0.4) is 0 Å². The van der Waals surface area contributed by atoms with Crippen molar-refractivity contribution in [1.82, 2.24) is 5.50 Å². The highest BCUT2D eigenvalue weighted by molar-refractivity contribution is 8.01. The maximum absolute atomic E-state index is 10.9. The van der Waals surface area contributed by atoms with Gasteiger partial charge in [-0.2, -0.15) is 0 Å². The molecule has 11 heavy (non-hydrogen) atoms. The van der Waals surface area contributed by atoms with Crippen molar-refractivity contribution in [1.29, 1.82) is 0 Å². The molecule has 7 heteroatoms. The van der Waals surface area contributed by atoms with E-state index in [4.69, 9.17) is 5.50 Å². The Balaban J connectivity index is 3.53. The summed E-state index contributed by atoms with van der Waals surface area (Å²) in [6, 6.07) is 0. The van der Waals surface area contributed by atoms with E-state index in [0.717, 1.165) is 24.1 Å². The van der Waals surface area contributed by atoms with Crippen LogP contribution in [-0.4, -0.2) is 11.5 Å². The topological polar surface area (TPSA) is 59.3 Å². The first-order chi connectivity index (χ1) is 5.12. The Kier molecular flexibility index (Phi) is 6.81. The van der Waals surface area contributed by atoms with Crippen LogP contribution in [0, 0.1) is 0 Å². The first kappa shape index (κ1) is 11.8. The zero-order valence-corrected chi connectivity index (χ0v) is 8.93. The molecule has 0 saturated carbocycles. The number of hydrogen-bond donors (Lipinski definition) is 0. The Morgan fingerprint density at radius 1 is 1.27 bits per heavy atom. The smallest absolute Gasteiger partial charge is 0.238 e. The summed E-state index contributed by atoms with van der Waals surface area (Å²) in [7, 11) is -3.55. The van der Waals surface area contributed by atoms with Gasteiger partial charge in [-0.05, 0) is 0 Å². The van der Waals surface area contributed by atoms with E-state index >= 15 is 0 Å². The molecule has 0 aliphatic heterocycles. The van der Waals surface area contributed by atoms with Gasteiger partial charge in [0, 0.05) is 35.6 Å². The summed E-state index contributed by atoms with van der Waals surface area (Å²) < 4.78 is 20.1. The first-order valence-corrected chi connectivity index (χ1v) is 6.46. The predicted molar refractivity (Wildman–Crippen MR) is 49.1 cm³/mol. The Morgan fingerprint density at radius 3 is 1.91 bits per heavy atom. The van der Waals surface area contributed by atoms with Crippen molar-refractivity contribution in [3.8, 4) is 0 Å². The molecule has 1 radical (unpaired) electrons. The van der Waals surface area contributed by atoms with E-state index in [0.29, 0.717) is 11.5 Å². The summed E-state index contributed by atoms with van der Waals surface area (Å²) >= 11 is 1.95. The number of nitrogens with one attached hydrogen (secondary N) is 1. The molecule has 0 spiro atoms. The molecule has 4 nitrogen and oxygen atoms in total. The van der Waals surface area contributed by atoms with Crippen LogP contribution in [0.4, 0.5) is 0 Å². The van der Waals surface area contributed by atoms with Crippen molar-refractivity contribution in [3.05, 3.63) is 0 Å². The highest BCUT2D eigenvalue weighted by atomic mass is 32.2. The fraction of sp³-hybridized carbons (Fsp3) is 1.00. The summed E-state index contributed by atoms with van der Waals surface area (Å²) in [4.78, 5) is 0. The summed E-state index contributed by atoms with van der Waals surface area (Å²) in [6.07, 6.45) is 0. The Morgan fingerprint density at radius 2 is 1.64 bits per heavy atom. The maximum atomic E-state index is 10.9. The molecule has 0 aromatic heterocycles. The molecule has 67 valence electrons. The third-order valence-electron chi connectivity index (χ3n) is 0.537. The number of rotatable bonds is 6. The molecule has 0 aliphatic carbocycles. The molecule has 0 heterocycles. The van der Waals surface area contributed by atoms with Crippen molar-refractivity contribution >= 4 is 31.8 Å². The lowest BCUT2D eigenvalue weighted by molar-refractivity contribution is 0.431.